The van der Waals surface area contributed by atoms with E-state index in [2.05, 4.69) is 20.6 Å². The SMILES string of the molecule is O=[N+]([O-])c1ccccc1-c1nnn[n-]1. The Morgan fingerprint density at radius 1 is 1.36 bits per heavy atom. The van der Waals surface area contributed by atoms with Crippen molar-refractivity contribution in [1.29, 1.82) is 0 Å². The van der Waals surface area contributed by atoms with Gasteiger partial charge in [-0.1, -0.05) is 12.1 Å². The summed E-state index contributed by atoms with van der Waals surface area (Å²) in [6.45, 7) is 0. The molecular formula is C7H4N5O2-. The zero-order valence-electron chi connectivity index (χ0n) is 6.86. The van der Waals surface area contributed by atoms with Gasteiger partial charge in [-0.2, -0.15) is 5.21 Å². The van der Waals surface area contributed by atoms with E-state index in [4.69, 9.17) is 0 Å². The number of hydrogen-bond acceptors (Lipinski definition) is 5. The molecule has 0 unspecified atom stereocenters. The van der Waals surface area contributed by atoms with Crippen LogP contribution in [0.1, 0.15) is 0 Å². The summed E-state index contributed by atoms with van der Waals surface area (Å²) in [5.41, 5.74) is 0.268. The van der Waals surface area contributed by atoms with Crippen molar-refractivity contribution in [2.45, 2.75) is 0 Å². The zero-order valence-corrected chi connectivity index (χ0v) is 6.86. The lowest BCUT2D eigenvalue weighted by Gasteiger charge is -2.00. The van der Waals surface area contributed by atoms with Crippen LogP contribution in [-0.2, 0) is 0 Å². The smallest absolute Gasteiger partial charge is 0.277 e. The number of tetrazole rings is 1. The maximum absolute atomic E-state index is 10.6. The summed E-state index contributed by atoms with van der Waals surface area (Å²) < 4.78 is 0. The molecule has 7 nitrogen and oxygen atoms in total. The lowest BCUT2D eigenvalue weighted by molar-refractivity contribution is -0.384. The molecule has 0 aliphatic carbocycles. The molecule has 0 saturated heterocycles. The van der Waals surface area contributed by atoms with Crippen LogP contribution >= 0.6 is 0 Å². The van der Waals surface area contributed by atoms with Gasteiger partial charge in [0.15, 0.2) is 0 Å². The predicted molar refractivity (Wildman–Crippen MR) is 45.2 cm³/mol. The minimum atomic E-state index is -0.494. The van der Waals surface area contributed by atoms with Crippen molar-refractivity contribution in [2.75, 3.05) is 0 Å². The average molecular weight is 190 g/mol. The third-order valence-corrected chi connectivity index (χ3v) is 1.66. The lowest BCUT2D eigenvalue weighted by Crippen LogP contribution is -1.93. The fraction of sp³-hybridized carbons (Fsp3) is 0. The van der Waals surface area contributed by atoms with E-state index in [-0.39, 0.29) is 11.5 Å². The Morgan fingerprint density at radius 2 is 2.14 bits per heavy atom. The fourth-order valence-corrected chi connectivity index (χ4v) is 1.07. The molecule has 0 saturated carbocycles. The van der Waals surface area contributed by atoms with Crippen LogP contribution in [0.25, 0.3) is 11.4 Å². The van der Waals surface area contributed by atoms with Crippen molar-refractivity contribution in [2.24, 2.45) is 0 Å². The topological polar surface area (TPSA) is 95.9 Å². The van der Waals surface area contributed by atoms with Crippen molar-refractivity contribution < 1.29 is 4.92 Å². The predicted octanol–water partition coefficient (Wildman–Crippen LogP) is 0.404. The molecule has 0 bridgehead atoms. The summed E-state index contributed by atoms with van der Waals surface area (Å²) in [5.74, 6) is 0.164. The number of hydrogen-bond donors (Lipinski definition) is 0. The average Bonchev–Trinajstić information content (AvgIpc) is 2.70. The van der Waals surface area contributed by atoms with Gasteiger partial charge in [0.05, 0.1) is 10.5 Å². The van der Waals surface area contributed by atoms with E-state index < -0.39 is 4.92 Å². The van der Waals surface area contributed by atoms with Crippen molar-refractivity contribution in [1.82, 2.24) is 20.6 Å². The molecule has 2 aromatic rings. The van der Waals surface area contributed by atoms with E-state index >= 15 is 0 Å². The van der Waals surface area contributed by atoms with Gasteiger partial charge in [0.25, 0.3) is 5.69 Å². The second-order valence-corrected chi connectivity index (χ2v) is 2.48. The maximum Gasteiger partial charge on any atom is 0.277 e. The van der Waals surface area contributed by atoms with E-state index in [0.29, 0.717) is 5.56 Å². The molecule has 70 valence electrons. The van der Waals surface area contributed by atoms with Gasteiger partial charge < -0.3 is 5.10 Å². The molecule has 0 radical (unpaired) electrons. The number of benzene rings is 1. The molecular weight excluding hydrogens is 186 g/mol. The van der Waals surface area contributed by atoms with Crippen molar-refractivity contribution >= 4 is 5.69 Å². The fourth-order valence-electron chi connectivity index (χ4n) is 1.07. The van der Waals surface area contributed by atoms with Crippen LogP contribution < -0.4 is 5.10 Å². The number of nitro benzene ring substituents is 1. The first-order chi connectivity index (χ1) is 6.79. The van der Waals surface area contributed by atoms with Crippen LogP contribution in [-0.4, -0.2) is 20.4 Å². The summed E-state index contributed by atoms with van der Waals surface area (Å²) in [6.07, 6.45) is 0. The van der Waals surface area contributed by atoms with Gasteiger partial charge in [0.1, 0.15) is 0 Å². The van der Waals surface area contributed by atoms with Crippen LogP contribution in [0, 0.1) is 10.1 Å². The van der Waals surface area contributed by atoms with Crippen molar-refractivity contribution in [3.63, 3.8) is 0 Å². The van der Waals surface area contributed by atoms with Gasteiger partial charge >= 0.3 is 0 Å². The first-order valence-corrected chi connectivity index (χ1v) is 3.71. The highest BCUT2D eigenvalue weighted by Gasteiger charge is 2.12. The Labute approximate surface area is 77.9 Å². The van der Waals surface area contributed by atoms with E-state index in [1.165, 1.54) is 6.07 Å². The van der Waals surface area contributed by atoms with E-state index in [9.17, 15) is 10.1 Å². The molecule has 0 aliphatic heterocycles. The second kappa shape index (κ2) is 3.21. The third kappa shape index (κ3) is 1.30. The highest BCUT2D eigenvalue weighted by Crippen LogP contribution is 2.25. The first kappa shape index (κ1) is 8.30. The molecule has 0 spiro atoms. The summed E-state index contributed by atoms with van der Waals surface area (Å²) in [4.78, 5) is 10.1. The molecule has 14 heavy (non-hydrogen) atoms. The number of nitro groups is 1. The van der Waals surface area contributed by atoms with Crippen LogP contribution in [0.5, 0.6) is 0 Å². The molecule has 0 atom stereocenters. The molecule has 1 aromatic carbocycles. The first-order valence-electron chi connectivity index (χ1n) is 3.71. The standard InChI is InChI=1S/C7H4N5O2/c13-12(14)6-4-2-1-3-5(6)7-8-10-11-9-7/h1-4H/q-1. The lowest BCUT2D eigenvalue weighted by atomic mass is 10.2. The Hall–Kier alpha value is -2.31. The molecule has 0 amide bonds. The summed E-state index contributed by atoms with van der Waals surface area (Å²) >= 11 is 0. The highest BCUT2D eigenvalue weighted by atomic mass is 16.6. The van der Waals surface area contributed by atoms with Crippen LogP contribution in [0.15, 0.2) is 24.3 Å². The molecule has 1 aromatic heterocycles. The van der Waals surface area contributed by atoms with Gasteiger partial charge in [-0.25, -0.2) is 0 Å². The summed E-state index contributed by atoms with van der Waals surface area (Å²) in [7, 11) is 0. The summed E-state index contributed by atoms with van der Waals surface area (Å²) in [5, 5.41) is 24.3. The van der Waals surface area contributed by atoms with Crippen LogP contribution in [0.3, 0.4) is 0 Å². The van der Waals surface area contributed by atoms with Crippen molar-refractivity contribution in [3.05, 3.63) is 34.4 Å². The largest absolute Gasteiger partial charge is 0.330 e. The second-order valence-electron chi connectivity index (χ2n) is 2.48. The molecule has 1 heterocycles. The van der Waals surface area contributed by atoms with Gasteiger partial charge in [-0.3, -0.25) is 20.4 Å². The minimum absolute atomic E-state index is 0.0534. The third-order valence-electron chi connectivity index (χ3n) is 1.66. The highest BCUT2D eigenvalue weighted by molar-refractivity contribution is 5.66. The quantitative estimate of drug-likeness (QED) is 0.502. The number of aromatic nitrogens is 4. The van der Waals surface area contributed by atoms with Crippen LogP contribution in [0.2, 0.25) is 0 Å². The monoisotopic (exact) mass is 190 g/mol. The van der Waals surface area contributed by atoms with E-state index in [0.717, 1.165) is 0 Å². The Balaban J connectivity index is 2.58. The van der Waals surface area contributed by atoms with Gasteiger partial charge in [0, 0.05) is 11.9 Å². The molecule has 0 aliphatic rings. The number of para-hydroxylation sites is 1. The molecule has 0 N–H and O–H groups in total. The van der Waals surface area contributed by atoms with Gasteiger partial charge in [-0.15, -0.1) is 0 Å². The molecule has 0 fully saturated rings. The van der Waals surface area contributed by atoms with Crippen molar-refractivity contribution in [3.8, 4) is 11.4 Å². The Kier molecular flexibility index (Phi) is 1.90. The van der Waals surface area contributed by atoms with Crippen LogP contribution in [0.4, 0.5) is 5.69 Å². The number of nitrogens with zero attached hydrogens (tertiary/aromatic N) is 5. The van der Waals surface area contributed by atoms with Gasteiger partial charge in [0.2, 0.25) is 0 Å². The van der Waals surface area contributed by atoms with Gasteiger partial charge in [-0.05, 0) is 6.07 Å². The maximum atomic E-state index is 10.6. The van der Waals surface area contributed by atoms with E-state index in [1.54, 1.807) is 18.2 Å². The Bertz CT molecular complexity index is 453. The molecule has 7 heteroatoms. The normalized spacial score (nSPS) is 10.0. The minimum Gasteiger partial charge on any atom is -0.330 e. The zero-order chi connectivity index (χ0) is 9.97. The molecule has 2 rings (SSSR count). The Morgan fingerprint density at radius 3 is 2.79 bits per heavy atom. The summed E-state index contributed by atoms with van der Waals surface area (Å²) in [6, 6.07) is 6.17. The number of rotatable bonds is 2. The van der Waals surface area contributed by atoms with E-state index in [1.807, 2.05) is 0 Å².